The van der Waals surface area contributed by atoms with Gasteiger partial charge in [0, 0.05) is 19.0 Å². The molecule has 168 valence electrons. The fourth-order valence-corrected chi connectivity index (χ4v) is 3.55. The molecule has 1 heterocycles. The number of hydrogen-bond donors (Lipinski definition) is 1. The Morgan fingerprint density at radius 1 is 1.03 bits per heavy atom. The molecule has 0 fully saturated rings. The number of carbonyl (C=O) groups is 1. The highest BCUT2D eigenvalue weighted by Crippen LogP contribution is 2.20. The second-order valence-corrected chi connectivity index (χ2v) is 7.47. The smallest absolute Gasteiger partial charge is 0.407 e. The largest absolute Gasteiger partial charge is 0.419 e. The van der Waals surface area contributed by atoms with Crippen molar-refractivity contribution in [1.82, 2.24) is 9.99 Å². The van der Waals surface area contributed by atoms with Gasteiger partial charge in [-0.1, -0.05) is 48.5 Å². The molecule has 0 saturated carbocycles. The van der Waals surface area contributed by atoms with Gasteiger partial charge in [0.15, 0.2) is 5.58 Å². The molecule has 1 aromatic heterocycles. The van der Waals surface area contributed by atoms with E-state index in [1.54, 1.807) is 5.01 Å². The van der Waals surface area contributed by atoms with Gasteiger partial charge >= 0.3 is 5.76 Å². The number of hydrogen-bond acceptors (Lipinski definition) is 6. The van der Waals surface area contributed by atoms with Gasteiger partial charge in [-0.25, -0.2) is 4.79 Å². The molecule has 33 heavy (non-hydrogen) atoms. The van der Waals surface area contributed by atoms with E-state index >= 15 is 0 Å². The van der Waals surface area contributed by atoms with Crippen LogP contribution in [-0.4, -0.2) is 15.4 Å². The molecule has 1 amide bonds. The maximum Gasteiger partial charge on any atom is 0.419 e. The number of aryl methyl sites for hydroxylation is 1. The second kappa shape index (κ2) is 9.82. The van der Waals surface area contributed by atoms with E-state index in [2.05, 4.69) is 5.43 Å². The van der Waals surface area contributed by atoms with E-state index in [0.29, 0.717) is 18.5 Å². The third kappa shape index (κ3) is 5.27. The van der Waals surface area contributed by atoms with Crippen LogP contribution in [0, 0.1) is 10.1 Å². The third-order valence-electron chi connectivity index (χ3n) is 5.16. The Labute approximate surface area is 189 Å². The highest BCUT2D eigenvalue weighted by Gasteiger charge is 2.15. The Morgan fingerprint density at radius 3 is 2.42 bits per heavy atom. The van der Waals surface area contributed by atoms with Crippen molar-refractivity contribution in [2.24, 2.45) is 0 Å². The lowest BCUT2D eigenvalue weighted by atomic mass is 10.2. The van der Waals surface area contributed by atoms with Crippen LogP contribution in [0.15, 0.2) is 88.1 Å². The predicted molar refractivity (Wildman–Crippen MR) is 124 cm³/mol. The summed E-state index contributed by atoms with van der Waals surface area (Å²) in [6.45, 7) is 0.752. The third-order valence-corrected chi connectivity index (χ3v) is 5.16. The summed E-state index contributed by atoms with van der Waals surface area (Å²) in [5.74, 6) is -0.799. The molecule has 0 saturated heterocycles. The number of amides is 1. The minimum Gasteiger partial charge on any atom is -0.407 e. The number of aromatic nitrogens is 1. The first-order valence-electron chi connectivity index (χ1n) is 10.4. The Morgan fingerprint density at radius 2 is 1.73 bits per heavy atom. The second-order valence-electron chi connectivity index (χ2n) is 7.47. The summed E-state index contributed by atoms with van der Waals surface area (Å²) < 4.78 is 6.51. The molecule has 0 aliphatic carbocycles. The molecule has 9 nitrogen and oxygen atoms in total. The monoisotopic (exact) mass is 446 g/mol. The van der Waals surface area contributed by atoms with E-state index in [1.807, 2.05) is 60.7 Å². The number of nitro benzene ring substituents is 1. The molecule has 0 atom stereocenters. The number of carbonyl (C=O) groups excluding carboxylic acids is 1. The summed E-state index contributed by atoms with van der Waals surface area (Å²) in [5.41, 5.74) is 5.30. The number of nitro groups is 1. The van der Waals surface area contributed by atoms with Crippen molar-refractivity contribution in [3.8, 4) is 0 Å². The van der Waals surface area contributed by atoms with E-state index < -0.39 is 10.7 Å². The molecule has 3 aromatic carbocycles. The number of nitrogens with one attached hydrogen (secondary N) is 1. The quantitative estimate of drug-likeness (QED) is 0.307. The van der Waals surface area contributed by atoms with Gasteiger partial charge in [0.05, 0.1) is 28.7 Å². The molecule has 0 unspecified atom stereocenters. The summed E-state index contributed by atoms with van der Waals surface area (Å²) in [6, 6.07) is 23.4. The molecule has 0 aliphatic rings. The van der Waals surface area contributed by atoms with Crippen molar-refractivity contribution in [2.75, 3.05) is 5.01 Å². The van der Waals surface area contributed by atoms with Crippen LogP contribution in [0.1, 0.15) is 18.4 Å². The molecule has 1 N–H and O–H groups in total. The van der Waals surface area contributed by atoms with Crippen LogP contribution in [0.2, 0.25) is 0 Å². The standard InChI is InChI=1S/C24H22N4O5/c29-23(25-27(19-10-5-2-6-11-19)17-18-8-3-1-4-9-18)12-7-15-26-21-14-13-20(28(31)32)16-22(21)33-24(26)30/h1-6,8-11,13-14,16H,7,12,15,17H2,(H,25,29). The first-order chi connectivity index (χ1) is 16.0. The first-order valence-corrected chi connectivity index (χ1v) is 10.4. The van der Waals surface area contributed by atoms with Gasteiger partial charge in [0.25, 0.3) is 5.69 Å². The number of rotatable bonds is 9. The zero-order valence-corrected chi connectivity index (χ0v) is 17.7. The normalized spacial score (nSPS) is 10.8. The lowest BCUT2D eigenvalue weighted by Crippen LogP contribution is -2.42. The summed E-state index contributed by atoms with van der Waals surface area (Å²) in [6.07, 6.45) is 0.579. The molecule has 0 bridgehead atoms. The number of hydrazine groups is 1. The molecule has 0 spiro atoms. The number of fused-ring (bicyclic) bond motifs is 1. The number of nitrogens with zero attached hydrogens (tertiary/aromatic N) is 3. The highest BCUT2D eigenvalue weighted by molar-refractivity contribution is 5.78. The summed E-state index contributed by atoms with van der Waals surface area (Å²) >= 11 is 0. The number of anilines is 1. The van der Waals surface area contributed by atoms with Gasteiger partial charge in [-0.05, 0) is 30.2 Å². The zero-order valence-electron chi connectivity index (χ0n) is 17.7. The van der Waals surface area contributed by atoms with Crippen LogP contribution >= 0.6 is 0 Å². The SMILES string of the molecule is O=C(CCCn1c(=O)oc2cc([N+](=O)[O-])ccc21)NN(Cc1ccccc1)c1ccccc1. The number of para-hydroxylation sites is 1. The molecule has 4 aromatic rings. The topological polar surface area (TPSA) is 111 Å². The van der Waals surface area contributed by atoms with Crippen molar-refractivity contribution < 1.29 is 14.1 Å². The van der Waals surface area contributed by atoms with Crippen LogP contribution in [0.5, 0.6) is 0 Å². The van der Waals surface area contributed by atoms with Gasteiger partial charge in [-0.15, -0.1) is 0 Å². The zero-order chi connectivity index (χ0) is 23.2. The number of non-ortho nitro benzene ring substituents is 1. The van der Waals surface area contributed by atoms with Crippen LogP contribution in [0.25, 0.3) is 11.1 Å². The van der Waals surface area contributed by atoms with Crippen molar-refractivity contribution in [3.63, 3.8) is 0 Å². The van der Waals surface area contributed by atoms with Crippen LogP contribution in [-0.2, 0) is 17.9 Å². The lowest BCUT2D eigenvalue weighted by Gasteiger charge is -2.25. The Balaban J connectivity index is 1.41. The Kier molecular flexibility index (Phi) is 6.49. The Hall–Kier alpha value is -4.40. The molecular formula is C24H22N4O5. The van der Waals surface area contributed by atoms with Gasteiger partial charge in [-0.3, -0.25) is 29.9 Å². The lowest BCUT2D eigenvalue weighted by molar-refractivity contribution is -0.384. The van der Waals surface area contributed by atoms with Gasteiger partial charge < -0.3 is 4.42 Å². The van der Waals surface area contributed by atoms with Crippen molar-refractivity contribution in [1.29, 1.82) is 0 Å². The molecule has 0 radical (unpaired) electrons. The number of benzene rings is 3. The van der Waals surface area contributed by atoms with Gasteiger partial charge in [0.2, 0.25) is 5.91 Å². The Bertz CT molecular complexity index is 1320. The highest BCUT2D eigenvalue weighted by atomic mass is 16.6. The van der Waals surface area contributed by atoms with E-state index in [4.69, 9.17) is 4.42 Å². The average molecular weight is 446 g/mol. The molecule has 0 aliphatic heterocycles. The minimum absolute atomic E-state index is 0.150. The van der Waals surface area contributed by atoms with E-state index in [0.717, 1.165) is 11.3 Å². The summed E-state index contributed by atoms with van der Waals surface area (Å²) in [7, 11) is 0. The van der Waals surface area contributed by atoms with Crippen molar-refractivity contribution in [2.45, 2.75) is 25.9 Å². The maximum atomic E-state index is 12.7. The average Bonchev–Trinajstić information content (AvgIpc) is 3.14. The van der Waals surface area contributed by atoms with Crippen LogP contribution in [0.4, 0.5) is 11.4 Å². The van der Waals surface area contributed by atoms with Crippen LogP contribution < -0.4 is 16.2 Å². The van der Waals surface area contributed by atoms with E-state index in [9.17, 15) is 19.7 Å². The van der Waals surface area contributed by atoms with E-state index in [1.165, 1.54) is 22.8 Å². The van der Waals surface area contributed by atoms with Gasteiger partial charge in [-0.2, -0.15) is 0 Å². The fraction of sp³-hybridized carbons (Fsp3) is 0.167. The van der Waals surface area contributed by atoms with E-state index in [-0.39, 0.29) is 30.1 Å². The fourth-order valence-electron chi connectivity index (χ4n) is 3.55. The molecule has 4 rings (SSSR count). The van der Waals surface area contributed by atoms with Crippen molar-refractivity contribution >= 4 is 28.4 Å². The van der Waals surface area contributed by atoms with Crippen LogP contribution in [0.3, 0.4) is 0 Å². The number of oxazole rings is 1. The van der Waals surface area contributed by atoms with Crippen molar-refractivity contribution in [3.05, 3.63) is 105 Å². The first kappa shape index (κ1) is 21.8. The minimum atomic E-state index is -0.610. The maximum absolute atomic E-state index is 12.7. The van der Waals surface area contributed by atoms with Gasteiger partial charge in [0.1, 0.15) is 0 Å². The summed E-state index contributed by atoms with van der Waals surface area (Å²) in [4.78, 5) is 35.2. The predicted octanol–water partition coefficient (Wildman–Crippen LogP) is 4.02. The molecular weight excluding hydrogens is 424 g/mol. The molecule has 9 heteroatoms. The summed E-state index contributed by atoms with van der Waals surface area (Å²) in [5, 5.41) is 12.7.